The first-order chi connectivity index (χ1) is 0. The van der Waals surface area contributed by atoms with E-state index in [0.717, 1.165) is 0 Å². The van der Waals surface area contributed by atoms with Gasteiger partial charge in [-0.05, 0) is 0 Å². The van der Waals surface area contributed by atoms with Gasteiger partial charge >= 0.3 is 411 Å². The Bertz CT molecular complexity index is 119. The third-order valence-electron chi connectivity index (χ3n) is 0. The van der Waals surface area contributed by atoms with Crippen LogP contribution in [-0.4, -0.2) is 0 Å². The quantitative estimate of drug-likeness (QED) is 0.129. The van der Waals surface area contributed by atoms with Gasteiger partial charge < -0.3 is 11.4 Å². The van der Waals surface area contributed by atoms with Crippen molar-refractivity contribution in [3.8, 4) is 0 Å². The normalized spacial score (nSPS) is 0. The smallest absolute Gasteiger partial charge is 1.00 e. The van der Waals surface area contributed by atoms with Crippen LogP contribution in [0, 0.1) is 0 Å². The number of hydrogen-bond donors (Lipinski definition) is 0. The van der Waals surface area contributed by atoms with Crippen molar-refractivity contribution < 1.29 is 521 Å². The van der Waals surface area contributed by atoms with E-state index in [9.17, 15) is 0 Å². The molecule has 0 aliphatic rings. The van der Waals surface area contributed by atoms with Gasteiger partial charge in [-0.25, -0.2) is 0 Å². The summed E-state index contributed by atoms with van der Waals surface area (Å²) in [4.78, 5) is 0. The maximum absolute atomic E-state index is 0. The number of rotatable bonds is 0. The molecule has 0 aliphatic carbocycles. The monoisotopic (exact) mass is 1450 g/mol. The largest absolute Gasteiger partial charge is 1.00 e. The first-order valence-corrected chi connectivity index (χ1v) is 0. The first-order valence-electron chi connectivity index (χ1n) is 0. The zero-order chi connectivity index (χ0) is 0. The van der Waals surface area contributed by atoms with Gasteiger partial charge in [-0.3, -0.25) is 18.8 Å². The minimum absolute atomic E-state index is 0. The number of halogens is 8. The second kappa shape index (κ2) is 550. The molecule has 0 saturated carbocycles. The molecule has 40 heavy (non-hydrogen) atoms. The predicted molar refractivity (Wildman–Crippen MR) is 224 cm³/mol. The third kappa shape index (κ3) is 521. The SMILES string of the molecule is C.C.C.C.C.C.C.C.C.C.C.C.C.C.C.C.C.C.C.C.F.F.F.F.I.I.I.I.[3HH].[3HH].[3HH].[3HH].[H-].[H-].[H-].[H-].[H-].[H-].[H-].[H-].[K+].[K+].[K+].[K+].[K+].[K+].[K+].[K+].[V].[V].[V].[V]. The molecule has 0 fully saturated rings. The van der Waals surface area contributed by atoms with Crippen LogP contribution >= 0.6 is 95.9 Å². The van der Waals surface area contributed by atoms with Crippen LogP contribution in [0.25, 0.3) is 0 Å². The molecule has 0 aromatic carbocycles. The molecule has 0 spiro atoms. The van der Waals surface area contributed by atoms with Crippen molar-refractivity contribution in [2.24, 2.45) is 0 Å². The van der Waals surface area contributed by atoms with Crippen LogP contribution < -0.4 is 411 Å². The second-order valence-electron chi connectivity index (χ2n) is 0. The summed E-state index contributed by atoms with van der Waals surface area (Å²) in [6, 6.07) is 0. The summed E-state index contributed by atoms with van der Waals surface area (Å²) < 4.78 is 0. The Morgan fingerprint density at radius 2 is 0.175 bits per heavy atom. The Balaban J connectivity index is 0. The van der Waals surface area contributed by atoms with Crippen molar-refractivity contribution in [3.05, 3.63) is 0 Å². The fourth-order valence-electron chi connectivity index (χ4n) is 0. The van der Waals surface area contributed by atoms with Crippen molar-refractivity contribution in [3.63, 3.8) is 0 Å². The van der Waals surface area contributed by atoms with E-state index in [2.05, 4.69) is 0 Å². The Morgan fingerprint density at radius 1 is 0.175 bits per heavy atom. The summed E-state index contributed by atoms with van der Waals surface area (Å²) in [5.74, 6) is 0. The van der Waals surface area contributed by atoms with Gasteiger partial charge in [0.15, 0.2) is 0 Å². The van der Waals surface area contributed by atoms with Crippen LogP contribution in [0.2, 0.25) is 0 Å². The molecule has 0 heterocycles. The molecule has 0 N–H and O–H groups in total. The zero-order valence-electron chi connectivity index (χ0n) is 21.1. The maximum Gasteiger partial charge on any atom is 1.00 e. The minimum atomic E-state index is 0. The van der Waals surface area contributed by atoms with Gasteiger partial charge in [0.05, 0.1) is 0 Å². The molecule has 20 heteroatoms. The van der Waals surface area contributed by atoms with Gasteiger partial charge in [0, 0.05) is 79.9 Å². The average Bonchev–Trinajstić information content (AvgIpc) is 0. The molecule has 4 radical (unpaired) electrons. The Labute approximate surface area is 742 Å². The van der Waals surface area contributed by atoms with Gasteiger partial charge in [0.1, 0.15) is 0 Å². The molecule has 0 rings (SSSR count). The second-order valence-corrected chi connectivity index (χ2v) is 0. The molecule has 0 aromatic rings. The van der Waals surface area contributed by atoms with Crippen LogP contribution in [0.4, 0.5) is 18.8 Å². The van der Waals surface area contributed by atoms with Crippen molar-refractivity contribution in [2.75, 3.05) is 0 Å². The van der Waals surface area contributed by atoms with Gasteiger partial charge in [0.2, 0.25) is 0 Å². The van der Waals surface area contributed by atoms with Gasteiger partial charge in [0.25, 0.3) is 0 Å². The molecular formula is C20H104F4I4K8V4. The van der Waals surface area contributed by atoms with E-state index in [1.54, 1.807) is 0 Å². The topological polar surface area (TPSA) is 0 Å². The van der Waals surface area contributed by atoms with Crippen molar-refractivity contribution in [1.29, 1.82) is 0 Å². The van der Waals surface area contributed by atoms with Gasteiger partial charge in [-0.15, -0.1) is 95.9 Å². The van der Waals surface area contributed by atoms with Gasteiger partial charge in [-0.1, -0.05) is 149 Å². The van der Waals surface area contributed by atoms with Crippen LogP contribution in [0.5, 0.6) is 0 Å². The summed E-state index contributed by atoms with van der Waals surface area (Å²) in [5.41, 5.74) is 0. The average molecular weight is 1450 g/mol. The van der Waals surface area contributed by atoms with E-state index in [1.807, 2.05) is 0 Å². The van der Waals surface area contributed by atoms with Crippen LogP contribution in [0.3, 0.4) is 0 Å². The Kier molecular flexibility index (Phi) is 7960. The molecule has 268 valence electrons. The predicted octanol–water partition coefficient (Wildman–Crippen LogP) is -6.29. The van der Waals surface area contributed by atoms with E-state index in [1.165, 1.54) is 0 Å². The summed E-state index contributed by atoms with van der Waals surface area (Å²) >= 11 is 0. The van der Waals surface area contributed by atoms with Crippen molar-refractivity contribution in [1.82, 2.24) is 0 Å². The van der Waals surface area contributed by atoms with E-state index in [4.69, 9.17) is 0 Å². The molecule has 0 saturated heterocycles. The summed E-state index contributed by atoms with van der Waals surface area (Å²) in [7, 11) is 0. The standard InChI is InChI=1S/20CH4.4FH.4HI.8K.4V.4H2.8H/h20*1H4;8*1H;;;;;;;;;;;;;4*1H;;;;;;;;/q;;;;;;;;;;;;;;;;;;;;;;;;;;;;8*+1;;;;;;;;;8*-1/i;;;;;;;;;;;;;;;;;;;;;;;;;;;;;;;;;;;;;;;;4*1+2;;;;;;;;. The molecule has 0 nitrogen and oxygen atoms in total. The minimum Gasteiger partial charge on any atom is -1.00 e. The van der Waals surface area contributed by atoms with E-state index < -0.39 is 0 Å². The Hall–Kier alpha value is 18.1. The van der Waals surface area contributed by atoms with E-state index >= 15 is 0 Å². The summed E-state index contributed by atoms with van der Waals surface area (Å²) in [6.45, 7) is 0. The summed E-state index contributed by atoms with van der Waals surface area (Å²) in [5, 5.41) is 0. The fourth-order valence-corrected chi connectivity index (χ4v) is 0. The third-order valence-corrected chi connectivity index (χ3v) is 0. The molecule has 0 amide bonds. The fraction of sp³-hybridized carbons (Fsp3) is 1.00. The maximum atomic E-state index is 0. The number of hydrogen-bond acceptors (Lipinski definition) is 0. The zero-order valence-corrected chi connectivity index (χ0v) is 52.9. The molecule has 0 bridgehead atoms. The summed E-state index contributed by atoms with van der Waals surface area (Å²) in [6.07, 6.45) is 0. The Morgan fingerprint density at radius 3 is 0.175 bits per heavy atom. The molecule has 0 atom stereocenters. The van der Waals surface area contributed by atoms with E-state index in [0.29, 0.717) is 0 Å². The molecule has 0 aromatic heterocycles. The van der Waals surface area contributed by atoms with Crippen LogP contribution in [0.15, 0.2) is 0 Å². The van der Waals surface area contributed by atoms with Gasteiger partial charge in [-0.2, -0.15) is 0 Å². The van der Waals surface area contributed by atoms with Crippen LogP contribution in [-0.2, 0) is 74.2 Å². The molecule has 0 aliphatic heterocycles. The molecular weight excluding hydrogens is 1340 g/mol. The van der Waals surface area contributed by atoms with E-state index in [-0.39, 0.29) is 766 Å². The molecule has 0 unspecified atom stereocenters. The van der Waals surface area contributed by atoms with Crippen LogP contribution in [0.1, 0.15) is 166 Å². The van der Waals surface area contributed by atoms with Crippen molar-refractivity contribution in [2.45, 2.75) is 149 Å². The van der Waals surface area contributed by atoms with Crippen molar-refractivity contribution >= 4 is 95.9 Å². The first kappa shape index (κ1) is 579.